The maximum Gasteiger partial charge on any atom is 0.276 e. The number of rotatable bonds is 7. The molecule has 0 aliphatic carbocycles. The average Bonchev–Trinajstić information content (AvgIpc) is 3.03. The zero-order valence-electron chi connectivity index (χ0n) is 17.5. The van der Waals surface area contributed by atoms with E-state index < -0.39 is 23.1 Å². The van der Waals surface area contributed by atoms with E-state index in [4.69, 9.17) is 5.14 Å². The van der Waals surface area contributed by atoms with E-state index in [-0.39, 0.29) is 29.1 Å². The van der Waals surface area contributed by atoms with E-state index in [9.17, 15) is 18.8 Å². The summed E-state index contributed by atoms with van der Waals surface area (Å²) in [5.74, 6) is -0.933. The van der Waals surface area contributed by atoms with Gasteiger partial charge >= 0.3 is 0 Å². The number of halogens is 1. The van der Waals surface area contributed by atoms with Crippen molar-refractivity contribution in [1.29, 1.82) is 0 Å². The van der Waals surface area contributed by atoms with Crippen LogP contribution in [0.25, 0.3) is 0 Å². The van der Waals surface area contributed by atoms with Gasteiger partial charge in [-0.3, -0.25) is 4.79 Å². The predicted molar refractivity (Wildman–Crippen MR) is 115 cm³/mol. The topological polar surface area (TPSA) is 103 Å². The van der Waals surface area contributed by atoms with Crippen molar-refractivity contribution in [3.63, 3.8) is 0 Å². The summed E-state index contributed by atoms with van der Waals surface area (Å²) in [5.41, 5.74) is 0.746. The highest BCUT2D eigenvalue weighted by molar-refractivity contribution is 7.91. The van der Waals surface area contributed by atoms with Crippen LogP contribution >= 0.6 is 11.3 Å². The van der Waals surface area contributed by atoms with Crippen LogP contribution in [0.4, 0.5) is 9.39 Å². The Morgan fingerprint density at radius 2 is 1.97 bits per heavy atom. The first-order chi connectivity index (χ1) is 13.3. The van der Waals surface area contributed by atoms with Crippen LogP contribution < -0.4 is 9.44 Å². The molecular formula is C20H28FN3O3S2. The molecule has 2 aromatic rings. The Morgan fingerprint density at radius 1 is 1.34 bits per heavy atom. The minimum absolute atomic E-state index is 0.0814. The van der Waals surface area contributed by atoms with E-state index >= 15 is 0 Å². The van der Waals surface area contributed by atoms with Crippen molar-refractivity contribution in [3.05, 3.63) is 45.8 Å². The molecule has 1 aromatic heterocycles. The third-order valence-electron chi connectivity index (χ3n) is 4.49. The molecule has 0 aliphatic heterocycles. The smallest absolute Gasteiger partial charge is 0.276 e. The molecule has 2 rings (SSSR count). The number of carbonyl (C=O) groups is 1. The summed E-state index contributed by atoms with van der Waals surface area (Å²) in [5, 5.41) is 16.3. The number of anilines is 1. The van der Waals surface area contributed by atoms with Crippen LogP contribution in [0.5, 0.6) is 0 Å². The largest absolute Gasteiger partial charge is 0.573 e. The van der Waals surface area contributed by atoms with Crippen molar-refractivity contribution >= 4 is 33.8 Å². The Labute approximate surface area is 178 Å². The minimum atomic E-state index is -2.13. The number of thiazole rings is 1. The zero-order valence-corrected chi connectivity index (χ0v) is 19.2. The predicted octanol–water partition coefficient (Wildman–Crippen LogP) is 3.87. The molecule has 6 nitrogen and oxygen atoms in total. The number of aromatic nitrogens is 1. The third kappa shape index (κ3) is 5.35. The lowest BCUT2D eigenvalue weighted by atomic mass is 9.86. The van der Waals surface area contributed by atoms with Crippen LogP contribution in [0.3, 0.4) is 0 Å². The number of aliphatic hydroxyl groups is 1. The minimum Gasteiger partial charge on any atom is -0.573 e. The quantitative estimate of drug-likeness (QED) is 0.635. The molecule has 1 heterocycles. The lowest BCUT2D eigenvalue weighted by Gasteiger charge is -2.23. The second kappa shape index (κ2) is 9.09. The second-order valence-electron chi connectivity index (χ2n) is 8.04. The van der Waals surface area contributed by atoms with Crippen molar-refractivity contribution < 1.29 is 18.8 Å². The molecule has 1 atom stereocenters. The van der Waals surface area contributed by atoms with Gasteiger partial charge in [0.2, 0.25) is 0 Å². The van der Waals surface area contributed by atoms with E-state index in [0.717, 1.165) is 21.2 Å². The molecule has 1 unspecified atom stereocenters. The van der Waals surface area contributed by atoms with E-state index in [1.807, 2.05) is 27.7 Å². The highest BCUT2D eigenvalue weighted by Gasteiger charge is 2.32. The number of hydrogen-bond acceptors (Lipinski definition) is 6. The molecule has 0 radical (unpaired) electrons. The molecule has 160 valence electrons. The SMILES string of the molecule is CC(C)c1ccc(F)c(C(C)C)c1CC(=O)N(c1cnc(C(C)(C)O)s1)[S+](N)[O-]. The fraction of sp³-hybridized carbons (Fsp3) is 0.500. The monoisotopic (exact) mass is 441 g/mol. The molecule has 0 bridgehead atoms. The normalized spacial score (nSPS) is 13.2. The first kappa shape index (κ1) is 23.8. The van der Waals surface area contributed by atoms with Gasteiger partial charge in [-0.1, -0.05) is 49.4 Å². The van der Waals surface area contributed by atoms with Crippen LogP contribution in [0.1, 0.15) is 75.1 Å². The Kier molecular flexibility index (Phi) is 7.45. The number of hydrogen-bond donors (Lipinski definition) is 2. The van der Waals surface area contributed by atoms with Crippen LogP contribution in [-0.4, -0.2) is 20.6 Å². The molecule has 0 aliphatic rings. The van der Waals surface area contributed by atoms with Gasteiger partial charge in [0, 0.05) is 0 Å². The summed E-state index contributed by atoms with van der Waals surface area (Å²) < 4.78 is 27.7. The molecule has 0 spiro atoms. The number of carbonyl (C=O) groups excluding carboxylic acids is 1. The molecule has 0 saturated heterocycles. The van der Waals surface area contributed by atoms with Gasteiger partial charge in [0.05, 0.1) is 12.6 Å². The molecule has 9 heteroatoms. The van der Waals surface area contributed by atoms with Crippen LogP contribution in [0.15, 0.2) is 18.3 Å². The number of nitrogens with zero attached hydrogens (tertiary/aromatic N) is 2. The van der Waals surface area contributed by atoms with Gasteiger partial charge in [-0.15, -0.1) is 5.14 Å². The van der Waals surface area contributed by atoms with Crippen LogP contribution in [0, 0.1) is 5.82 Å². The third-order valence-corrected chi connectivity index (χ3v) is 6.66. The van der Waals surface area contributed by atoms with E-state index in [2.05, 4.69) is 4.98 Å². The lowest BCUT2D eigenvalue weighted by molar-refractivity contribution is -0.116. The van der Waals surface area contributed by atoms with Crippen molar-refractivity contribution in [1.82, 2.24) is 4.98 Å². The number of nitrogens with two attached hydrogens (primary N) is 1. The van der Waals surface area contributed by atoms with E-state index in [1.54, 1.807) is 19.9 Å². The fourth-order valence-corrected chi connectivity index (χ4v) is 4.86. The van der Waals surface area contributed by atoms with Crippen molar-refractivity contribution in [2.75, 3.05) is 4.31 Å². The van der Waals surface area contributed by atoms with Gasteiger partial charge < -0.3 is 9.66 Å². The number of benzene rings is 1. The highest BCUT2D eigenvalue weighted by Crippen LogP contribution is 2.34. The van der Waals surface area contributed by atoms with Crippen molar-refractivity contribution in [3.8, 4) is 0 Å². The Bertz CT molecular complexity index is 876. The maximum atomic E-state index is 14.6. The van der Waals surface area contributed by atoms with Gasteiger partial charge in [-0.25, -0.2) is 9.37 Å². The molecule has 1 aromatic carbocycles. The number of amides is 1. The van der Waals surface area contributed by atoms with E-state index in [1.165, 1.54) is 12.3 Å². The zero-order chi connectivity index (χ0) is 22.1. The van der Waals surface area contributed by atoms with Gasteiger partial charge in [0.25, 0.3) is 5.91 Å². The summed E-state index contributed by atoms with van der Waals surface area (Å²) >= 11 is -1.10. The van der Waals surface area contributed by atoms with Crippen molar-refractivity contribution in [2.24, 2.45) is 5.14 Å². The first-order valence-electron chi connectivity index (χ1n) is 9.33. The first-order valence-corrected chi connectivity index (χ1v) is 11.3. The van der Waals surface area contributed by atoms with Gasteiger partial charge in [-0.05, 0) is 48.4 Å². The molecular weight excluding hydrogens is 413 g/mol. The Morgan fingerprint density at radius 3 is 2.41 bits per heavy atom. The highest BCUT2D eigenvalue weighted by atomic mass is 32.2. The Hall–Kier alpha value is -1.52. The molecule has 0 fully saturated rings. The lowest BCUT2D eigenvalue weighted by Crippen LogP contribution is -2.42. The standard InChI is InChI=1S/C20H28FN3O3S2/c1-11(2)13-7-8-15(21)18(12(3)4)14(13)9-16(25)24(29(22)27)17-10-23-19(28-17)20(5,6)26/h7-8,10-12,26H,9,22H2,1-6H3. The van der Waals surface area contributed by atoms with Crippen molar-refractivity contribution in [2.45, 2.75) is 65.4 Å². The molecule has 29 heavy (non-hydrogen) atoms. The summed E-state index contributed by atoms with van der Waals surface area (Å²) in [7, 11) is 0. The van der Waals surface area contributed by atoms with E-state index in [0.29, 0.717) is 16.1 Å². The van der Waals surface area contributed by atoms with Crippen LogP contribution in [-0.2, 0) is 28.4 Å². The molecule has 0 saturated carbocycles. The fourth-order valence-electron chi connectivity index (χ4n) is 3.19. The summed E-state index contributed by atoms with van der Waals surface area (Å²) in [6, 6.07) is 3.12. The summed E-state index contributed by atoms with van der Waals surface area (Å²) in [6.07, 6.45) is 1.22. The summed E-state index contributed by atoms with van der Waals surface area (Å²) in [6.45, 7) is 10.8. The Balaban J connectivity index is 2.48. The van der Waals surface area contributed by atoms with Gasteiger partial charge in [-0.2, -0.15) is 0 Å². The molecule has 1 amide bonds. The second-order valence-corrected chi connectivity index (χ2v) is 9.97. The maximum absolute atomic E-state index is 14.6. The van der Waals surface area contributed by atoms with Gasteiger partial charge in [0.15, 0.2) is 16.5 Å². The summed E-state index contributed by atoms with van der Waals surface area (Å²) in [4.78, 5) is 17.2. The average molecular weight is 442 g/mol. The molecule has 3 N–H and O–H groups in total. The van der Waals surface area contributed by atoms with Crippen LogP contribution in [0.2, 0.25) is 0 Å². The van der Waals surface area contributed by atoms with Gasteiger partial charge in [0.1, 0.15) is 16.4 Å².